The van der Waals surface area contributed by atoms with Gasteiger partial charge in [0.2, 0.25) is 5.88 Å². The van der Waals surface area contributed by atoms with Crippen LogP contribution in [0.15, 0.2) is 41.6 Å². The van der Waals surface area contributed by atoms with Gasteiger partial charge in [-0.15, -0.1) is 0 Å². The van der Waals surface area contributed by atoms with E-state index in [4.69, 9.17) is 10.6 Å². The molecule has 9 heteroatoms. The number of sulfonamides is 1. The average Bonchev–Trinajstić information content (AvgIpc) is 2.49. The number of anilines is 2. The zero-order chi connectivity index (χ0) is 15.3. The standard InChI is InChI=1S/C12H15N5O3S/c1-2-20-12-6-3-9(7-15-12)17-21(18,19)10-4-5-11(16-13)14-8-10/h3-8,17H,2,13H2,1H3,(H,14,16). The Labute approximate surface area is 122 Å². The minimum Gasteiger partial charge on any atom is -0.478 e. The Morgan fingerprint density at radius 3 is 2.52 bits per heavy atom. The molecular weight excluding hydrogens is 294 g/mol. The van der Waals surface area contributed by atoms with E-state index in [2.05, 4.69) is 20.1 Å². The van der Waals surface area contributed by atoms with E-state index < -0.39 is 10.0 Å². The smallest absolute Gasteiger partial charge is 0.263 e. The number of hydrazine groups is 1. The van der Waals surface area contributed by atoms with Crippen LogP contribution in [0.5, 0.6) is 5.88 Å². The summed E-state index contributed by atoms with van der Waals surface area (Å²) in [7, 11) is -3.73. The molecule has 21 heavy (non-hydrogen) atoms. The maximum absolute atomic E-state index is 12.2. The predicted molar refractivity (Wildman–Crippen MR) is 78.3 cm³/mol. The molecule has 0 spiro atoms. The third-order valence-corrected chi connectivity index (χ3v) is 3.84. The summed E-state index contributed by atoms with van der Waals surface area (Å²) in [5, 5.41) is 0. The first-order valence-corrected chi connectivity index (χ1v) is 7.58. The van der Waals surface area contributed by atoms with Crippen LogP contribution < -0.4 is 20.7 Å². The molecule has 8 nitrogen and oxygen atoms in total. The lowest BCUT2D eigenvalue weighted by atomic mass is 10.4. The lowest BCUT2D eigenvalue weighted by Gasteiger charge is -2.08. The highest BCUT2D eigenvalue weighted by Gasteiger charge is 2.15. The van der Waals surface area contributed by atoms with Gasteiger partial charge in [0, 0.05) is 12.3 Å². The molecule has 0 atom stereocenters. The molecule has 2 aromatic rings. The van der Waals surface area contributed by atoms with Crippen molar-refractivity contribution in [2.75, 3.05) is 16.8 Å². The first-order valence-electron chi connectivity index (χ1n) is 6.09. The number of nitrogens with one attached hydrogen (secondary N) is 2. The molecule has 0 bridgehead atoms. The van der Waals surface area contributed by atoms with Gasteiger partial charge >= 0.3 is 0 Å². The van der Waals surface area contributed by atoms with Crippen LogP contribution in [0.1, 0.15) is 6.92 Å². The van der Waals surface area contributed by atoms with Gasteiger partial charge in [-0.05, 0) is 25.1 Å². The molecule has 0 aliphatic carbocycles. The number of nitrogens with two attached hydrogens (primary N) is 1. The highest BCUT2D eigenvalue weighted by molar-refractivity contribution is 7.92. The fourth-order valence-corrected chi connectivity index (χ4v) is 2.50. The Morgan fingerprint density at radius 1 is 1.19 bits per heavy atom. The number of ether oxygens (including phenoxy) is 1. The molecular formula is C12H15N5O3S. The topological polar surface area (TPSA) is 119 Å². The molecule has 0 aliphatic heterocycles. The van der Waals surface area contributed by atoms with Crippen LogP contribution in [0.4, 0.5) is 11.5 Å². The zero-order valence-corrected chi connectivity index (χ0v) is 12.1. The Morgan fingerprint density at radius 2 is 2.00 bits per heavy atom. The van der Waals surface area contributed by atoms with Crippen molar-refractivity contribution in [1.82, 2.24) is 9.97 Å². The highest BCUT2D eigenvalue weighted by atomic mass is 32.2. The summed E-state index contributed by atoms with van der Waals surface area (Å²) in [6.45, 7) is 2.33. The van der Waals surface area contributed by atoms with E-state index in [1.54, 1.807) is 12.1 Å². The van der Waals surface area contributed by atoms with Crippen molar-refractivity contribution in [3.63, 3.8) is 0 Å². The number of pyridine rings is 2. The molecule has 0 amide bonds. The van der Waals surface area contributed by atoms with E-state index >= 15 is 0 Å². The van der Waals surface area contributed by atoms with E-state index in [1.165, 1.54) is 24.5 Å². The van der Waals surface area contributed by atoms with Crippen LogP contribution in [0, 0.1) is 0 Å². The molecule has 0 aromatic carbocycles. The van der Waals surface area contributed by atoms with Gasteiger partial charge < -0.3 is 10.2 Å². The Balaban J connectivity index is 2.16. The summed E-state index contributed by atoms with van der Waals surface area (Å²) in [6, 6.07) is 6.01. The molecule has 2 rings (SSSR count). The van der Waals surface area contributed by atoms with Gasteiger partial charge in [-0.25, -0.2) is 24.2 Å². The van der Waals surface area contributed by atoms with E-state index in [0.717, 1.165) is 0 Å². The van der Waals surface area contributed by atoms with Crippen molar-refractivity contribution in [1.29, 1.82) is 0 Å². The number of rotatable bonds is 6. The van der Waals surface area contributed by atoms with E-state index in [0.29, 0.717) is 24.0 Å². The lowest BCUT2D eigenvalue weighted by Crippen LogP contribution is -2.14. The number of nitrogen functional groups attached to an aromatic ring is 1. The van der Waals surface area contributed by atoms with Crippen molar-refractivity contribution in [2.24, 2.45) is 5.84 Å². The molecule has 0 fully saturated rings. The van der Waals surface area contributed by atoms with Crippen LogP contribution in [0.3, 0.4) is 0 Å². The lowest BCUT2D eigenvalue weighted by molar-refractivity contribution is 0.327. The molecule has 2 aromatic heterocycles. The summed E-state index contributed by atoms with van der Waals surface area (Å²) >= 11 is 0. The minimum atomic E-state index is -3.73. The van der Waals surface area contributed by atoms with Gasteiger partial charge in [-0.1, -0.05) is 0 Å². The summed E-state index contributed by atoms with van der Waals surface area (Å²) in [4.78, 5) is 7.86. The van der Waals surface area contributed by atoms with Crippen LogP contribution >= 0.6 is 0 Å². The Kier molecular flexibility index (Phi) is 4.55. The molecule has 0 unspecified atom stereocenters. The molecule has 2 heterocycles. The summed E-state index contributed by atoms with van der Waals surface area (Å²) in [5.41, 5.74) is 2.66. The highest BCUT2D eigenvalue weighted by Crippen LogP contribution is 2.17. The monoisotopic (exact) mass is 309 g/mol. The molecule has 0 aliphatic rings. The van der Waals surface area contributed by atoms with Crippen LogP contribution in [-0.4, -0.2) is 25.0 Å². The Hall–Kier alpha value is -2.39. The van der Waals surface area contributed by atoms with Gasteiger partial charge in [0.25, 0.3) is 10.0 Å². The normalized spacial score (nSPS) is 11.0. The van der Waals surface area contributed by atoms with E-state index in [1.807, 2.05) is 6.92 Å². The fourth-order valence-electron chi connectivity index (χ4n) is 1.51. The second-order valence-electron chi connectivity index (χ2n) is 3.95. The first-order chi connectivity index (χ1) is 10.0. The van der Waals surface area contributed by atoms with E-state index in [-0.39, 0.29) is 4.90 Å². The maximum Gasteiger partial charge on any atom is 0.263 e. The number of nitrogens with zero attached hydrogens (tertiary/aromatic N) is 2. The summed E-state index contributed by atoms with van der Waals surface area (Å²) in [5.74, 6) is 5.98. The largest absolute Gasteiger partial charge is 0.478 e. The van der Waals surface area contributed by atoms with Gasteiger partial charge in [-0.3, -0.25) is 4.72 Å². The fraction of sp³-hybridized carbons (Fsp3) is 0.167. The average molecular weight is 309 g/mol. The molecule has 112 valence electrons. The van der Waals surface area contributed by atoms with Crippen LogP contribution in [0.2, 0.25) is 0 Å². The van der Waals surface area contributed by atoms with E-state index in [9.17, 15) is 8.42 Å². The molecule has 0 radical (unpaired) electrons. The molecule has 4 N–H and O–H groups in total. The molecule has 0 saturated heterocycles. The summed E-state index contributed by atoms with van der Waals surface area (Å²) < 4.78 is 31.9. The third-order valence-electron chi connectivity index (χ3n) is 2.48. The zero-order valence-electron chi connectivity index (χ0n) is 11.3. The third kappa shape index (κ3) is 3.80. The maximum atomic E-state index is 12.2. The predicted octanol–water partition coefficient (Wildman–Crippen LogP) is 0.962. The second kappa shape index (κ2) is 6.37. The quantitative estimate of drug-likeness (QED) is 0.537. The summed E-state index contributed by atoms with van der Waals surface area (Å²) in [6.07, 6.45) is 2.59. The van der Waals surface area contributed by atoms with Crippen molar-refractivity contribution in [3.05, 3.63) is 36.7 Å². The van der Waals surface area contributed by atoms with Crippen LogP contribution in [0.25, 0.3) is 0 Å². The molecule has 0 saturated carbocycles. The number of aromatic nitrogens is 2. The van der Waals surface area contributed by atoms with Gasteiger partial charge in [-0.2, -0.15) is 0 Å². The van der Waals surface area contributed by atoms with Gasteiger partial charge in [0.05, 0.1) is 18.5 Å². The second-order valence-corrected chi connectivity index (χ2v) is 5.63. The van der Waals surface area contributed by atoms with Crippen molar-refractivity contribution in [2.45, 2.75) is 11.8 Å². The van der Waals surface area contributed by atoms with Crippen molar-refractivity contribution in [3.8, 4) is 5.88 Å². The SMILES string of the molecule is CCOc1ccc(NS(=O)(=O)c2ccc(NN)nc2)cn1. The number of hydrogen-bond donors (Lipinski definition) is 3. The first kappa shape index (κ1) is 15.0. The number of hydrogen-bond acceptors (Lipinski definition) is 7. The van der Waals surface area contributed by atoms with Gasteiger partial charge in [0.15, 0.2) is 0 Å². The van der Waals surface area contributed by atoms with Crippen LogP contribution in [-0.2, 0) is 10.0 Å². The minimum absolute atomic E-state index is 0.0235. The Bertz CT molecular complexity index is 686. The van der Waals surface area contributed by atoms with Crippen molar-refractivity contribution >= 4 is 21.5 Å². The van der Waals surface area contributed by atoms with Crippen molar-refractivity contribution < 1.29 is 13.2 Å². The van der Waals surface area contributed by atoms with Gasteiger partial charge in [0.1, 0.15) is 10.7 Å².